The first-order valence-electron chi connectivity index (χ1n) is 8.00. The maximum absolute atomic E-state index is 12.1. The summed E-state index contributed by atoms with van der Waals surface area (Å²) in [6.07, 6.45) is 3.04. The first-order valence-corrected chi connectivity index (χ1v) is 8.00. The zero-order valence-corrected chi connectivity index (χ0v) is 14.4. The van der Waals surface area contributed by atoms with Gasteiger partial charge in [0.15, 0.2) is 5.69 Å². The molecule has 0 bridgehead atoms. The number of nitrogen functional groups attached to an aromatic ring is 1. The quantitative estimate of drug-likeness (QED) is 0.698. The van der Waals surface area contributed by atoms with E-state index < -0.39 is 11.9 Å². The number of nitrogens with two attached hydrogens (primary N) is 1. The third-order valence-electron chi connectivity index (χ3n) is 3.92. The molecule has 0 unspecified atom stereocenters. The van der Waals surface area contributed by atoms with Crippen molar-refractivity contribution in [3.63, 3.8) is 0 Å². The van der Waals surface area contributed by atoms with Crippen LogP contribution in [-0.2, 0) is 16.0 Å². The molecule has 2 aromatic heterocycles. The maximum Gasteiger partial charge on any atom is 0.358 e. The molecule has 0 saturated carbocycles. The molecule has 3 aromatic rings. The monoisotopic (exact) mass is 354 g/mol. The summed E-state index contributed by atoms with van der Waals surface area (Å²) >= 11 is 0. The highest BCUT2D eigenvalue weighted by atomic mass is 16.5. The number of carbonyl (C=O) groups is 2. The summed E-state index contributed by atoms with van der Waals surface area (Å²) in [7, 11) is 1.33. The van der Waals surface area contributed by atoms with Gasteiger partial charge in [-0.05, 0) is 24.6 Å². The highest BCUT2D eigenvalue weighted by Crippen LogP contribution is 2.23. The second kappa shape index (κ2) is 7.22. The van der Waals surface area contributed by atoms with Crippen LogP contribution in [0, 0.1) is 0 Å². The van der Waals surface area contributed by atoms with Gasteiger partial charge in [0, 0.05) is 11.6 Å². The van der Waals surface area contributed by atoms with E-state index in [1.165, 1.54) is 18.0 Å². The number of rotatable bonds is 5. The number of aromatic nitrogens is 3. The maximum atomic E-state index is 12.1. The molecule has 2 N–H and O–H groups in total. The topological polar surface area (TPSA) is 109 Å². The van der Waals surface area contributed by atoms with Gasteiger partial charge in [-0.15, -0.1) is 0 Å². The Morgan fingerprint density at radius 2 is 2.04 bits per heavy atom. The van der Waals surface area contributed by atoms with Crippen molar-refractivity contribution in [1.82, 2.24) is 14.8 Å². The molecule has 8 nitrogen and oxygen atoms in total. The third kappa shape index (κ3) is 3.08. The zero-order chi connectivity index (χ0) is 18.7. The van der Waals surface area contributed by atoms with Crippen LogP contribution in [0.2, 0.25) is 0 Å². The van der Waals surface area contributed by atoms with E-state index in [2.05, 4.69) is 10.1 Å². The number of esters is 2. The first-order chi connectivity index (χ1) is 12.6. The van der Waals surface area contributed by atoms with Gasteiger partial charge in [-0.25, -0.2) is 9.59 Å². The molecule has 2 heterocycles. The van der Waals surface area contributed by atoms with E-state index >= 15 is 0 Å². The number of methoxy groups -OCH3 is 1. The molecular formula is C18H18N4O4. The van der Waals surface area contributed by atoms with Crippen molar-refractivity contribution < 1.29 is 19.1 Å². The summed E-state index contributed by atoms with van der Waals surface area (Å²) in [5, 5.41) is 4.83. The van der Waals surface area contributed by atoms with Gasteiger partial charge in [0.2, 0.25) is 0 Å². The van der Waals surface area contributed by atoms with Crippen molar-refractivity contribution in [3.8, 4) is 0 Å². The van der Waals surface area contributed by atoms with E-state index in [1.807, 2.05) is 0 Å². The third-order valence-corrected chi connectivity index (χ3v) is 3.92. The van der Waals surface area contributed by atoms with Crippen LogP contribution >= 0.6 is 0 Å². The van der Waals surface area contributed by atoms with Gasteiger partial charge in [0.1, 0.15) is 0 Å². The van der Waals surface area contributed by atoms with Gasteiger partial charge in [0.25, 0.3) is 0 Å². The molecule has 0 fully saturated rings. The van der Waals surface area contributed by atoms with Crippen molar-refractivity contribution >= 4 is 28.5 Å². The van der Waals surface area contributed by atoms with Gasteiger partial charge < -0.3 is 15.2 Å². The number of hydrogen-bond acceptors (Lipinski definition) is 7. The summed E-state index contributed by atoms with van der Waals surface area (Å²) in [6, 6.07) is 6.97. The summed E-state index contributed by atoms with van der Waals surface area (Å²) in [5.74, 6) is -0.976. The Morgan fingerprint density at radius 1 is 1.23 bits per heavy atom. The van der Waals surface area contributed by atoms with Crippen LogP contribution in [0.25, 0.3) is 10.9 Å². The number of ether oxygens (including phenoxy) is 2. The predicted octanol–water partition coefficient (Wildman–Crippen LogP) is 2.03. The fourth-order valence-corrected chi connectivity index (χ4v) is 2.75. The minimum Gasteiger partial charge on any atom is -0.465 e. The Labute approximate surface area is 149 Å². The van der Waals surface area contributed by atoms with Crippen molar-refractivity contribution in [2.75, 3.05) is 19.5 Å². The van der Waals surface area contributed by atoms with Crippen LogP contribution in [0.5, 0.6) is 0 Å². The Kier molecular flexibility index (Phi) is 4.83. The molecule has 0 atom stereocenters. The summed E-state index contributed by atoms with van der Waals surface area (Å²) in [4.78, 5) is 28.5. The van der Waals surface area contributed by atoms with E-state index in [1.54, 1.807) is 37.4 Å². The van der Waals surface area contributed by atoms with Crippen molar-refractivity contribution in [1.29, 1.82) is 0 Å². The van der Waals surface area contributed by atoms with Gasteiger partial charge in [0.05, 0.1) is 43.2 Å². The lowest BCUT2D eigenvalue weighted by Gasteiger charge is -2.11. The second-order valence-corrected chi connectivity index (χ2v) is 5.49. The first kappa shape index (κ1) is 17.4. The number of fused-ring (bicyclic) bond motifs is 1. The lowest BCUT2D eigenvalue weighted by molar-refractivity contribution is 0.0513. The average Bonchev–Trinajstić information content (AvgIpc) is 3.02. The fraction of sp³-hybridized carbons (Fsp3) is 0.222. The van der Waals surface area contributed by atoms with Gasteiger partial charge in [-0.2, -0.15) is 5.10 Å². The minimum absolute atomic E-state index is 0.188. The van der Waals surface area contributed by atoms with Gasteiger partial charge in [-0.1, -0.05) is 12.1 Å². The molecule has 0 aliphatic carbocycles. The van der Waals surface area contributed by atoms with Gasteiger partial charge in [-0.3, -0.25) is 9.67 Å². The molecule has 134 valence electrons. The Morgan fingerprint density at radius 3 is 2.77 bits per heavy atom. The lowest BCUT2D eigenvalue weighted by atomic mass is 10.0. The largest absolute Gasteiger partial charge is 0.465 e. The zero-order valence-electron chi connectivity index (χ0n) is 14.4. The van der Waals surface area contributed by atoms with E-state index in [4.69, 9.17) is 15.2 Å². The lowest BCUT2D eigenvalue weighted by Crippen LogP contribution is -2.16. The van der Waals surface area contributed by atoms with Crippen LogP contribution in [0.3, 0.4) is 0 Å². The molecule has 3 rings (SSSR count). The van der Waals surface area contributed by atoms with Crippen LogP contribution < -0.4 is 5.73 Å². The predicted molar refractivity (Wildman–Crippen MR) is 94.8 cm³/mol. The van der Waals surface area contributed by atoms with E-state index in [0.29, 0.717) is 16.5 Å². The summed E-state index contributed by atoms with van der Waals surface area (Å²) < 4.78 is 11.3. The summed E-state index contributed by atoms with van der Waals surface area (Å²) in [6.45, 7) is 2.21. The fourth-order valence-electron chi connectivity index (χ4n) is 2.75. The number of benzene rings is 1. The van der Waals surface area contributed by atoms with Gasteiger partial charge >= 0.3 is 11.9 Å². The number of nitrogens with zero attached hydrogens (tertiary/aromatic N) is 3. The summed E-state index contributed by atoms with van der Waals surface area (Å²) in [5.41, 5.74) is 8.12. The molecule has 26 heavy (non-hydrogen) atoms. The minimum atomic E-state index is -0.536. The number of pyridine rings is 1. The Bertz CT molecular complexity index is 980. The molecule has 0 saturated heterocycles. The highest BCUT2D eigenvalue weighted by Gasteiger charge is 2.20. The van der Waals surface area contributed by atoms with Crippen LogP contribution in [0.1, 0.15) is 33.3 Å². The Hall–Kier alpha value is -3.42. The van der Waals surface area contributed by atoms with E-state index in [0.717, 1.165) is 5.56 Å². The van der Waals surface area contributed by atoms with Crippen molar-refractivity contribution in [2.24, 2.45) is 0 Å². The number of carbonyl (C=O) groups excluding carboxylic acids is 2. The average molecular weight is 354 g/mol. The molecule has 8 heteroatoms. The second-order valence-electron chi connectivity index (χ2n) is 5.49. The molecule has 0 spiro atoms. The van der Waals surface area contributed by atoms with Crippen LogP contribution in [-0.4, -0.2) is 40.4 Å². The highest BCUT2D eigenvalue weighted by molar-refractivity contribution is 6.04. The molecule has 0 aliphatic rings. The molecule has 0 amide bonds. The Balaban J connectivity index is 2.06. The van der Waals surface area contributed by atoms with Crippen LogP contribution in [0.15, 0.2) is 36.7 Å². The van der Waals surface area contributed by atoms with Crippen molar-refractivity contribution in [3.05, 3.63) is 53.5 Å². The number of hydrogen-bond donors (Lipinski definition) is 1. The molecule has 1 aromatic carbocycles. The SMILES string of the molecule is CCOC(=O)c1c(N)cnn1Cc1ccc(C(=O)OC)c2cccnc12. The van der Waals surface area contributed by atoms with Crippen molar-refractivity contribution in [2.45, 2.75) is 13.5 Å². The standard InChI is InChI=1S/C18H18N4O4/c1-3-26-18(24)16-14(19)9-21-22(16)10-11-6-7-13(17(23)25-2)12-5-4-8-20-15(11)12/h4-9H,3,10,19H2,1-2H3. The molecule has 0 aliphatic heterocycles. The molecular weight excluding hydrogens is 336 g/mol. The number of anilines is 1. The smallest absolute Gasteiger partial charge is 0.358 e. The normalized spacial score (nSPS) is 10.7. The van der Waals surface area contributed by atoms with E-state index in [9.17, 15) is 9.59 Å². The van der Waals surface area contributed by atoms with Crippen LogP contribution in [0.4, 0.5) is 5.69 Å². The molecule has 0 radical (unpaired) electrons. The van der Waals surface area contributed by atoms with E-state index in [-0.39, 0.29) is 24.5 Å².